The Morgan fingerprint density at radius 3 is 2.73 bits per heavy atom. The number of aromatic nitrogens is 1. The van der Waals surface area contributed by atoms with Gasteiger partial charge in [0.05, 0.1) is 0 Å². The molecule has 2 aromatic rings. The van der Waals surface area contributed by atoms with Gasteiger partial charge in [-0.1, -0.05) is 0 Å². The minimum atomic E-state index is 0.346. The number of thioether (sulfide) groups is 1. The predicted octanol–water partition coefficient (Wildman–Crippen LogP) is 2.94. The molecular formula is C11H12N2S2. The quantitative estimate of drug-likeness (QED) is 0.830. The average molecular weight is 236 g/mol. The SMILES string of the molecule is NCC(Sc1ccncc1)c1ccsc1. The van der Waals surface area contributed by atoms with Crippen molar-refractivity contribution in [2.45, 2.75) is 10.1 Å². The van der Waals surface area contributed by atoms with Crippen molar-refractivity contribution in [3.8, 4) is 0 Å². The van der Waals surface area contributed by atoms with Gasteiger partial charge in [-0.3, -0.25) is 4.98 Å². The minimum absolute atomic E-state index is 0.346. The molecule has 0 aromatic carbocycles. The highest BCUT2D eigenvalue weighted by Gasteiger charge is 2.11. The fourth-order valence-electron chi connectivity index (χ4n) is 1.29. The van der Waals surface area contributed by atoms with Crippen LogP contribution in [-0.4, -0.2) is 11.5 Å². The molecule has 0 aliphatic heterocycles. The van der Waals surface area contributed by atoms with Crippen LogP contribution in [0.4, 0.5) is 0 Å². The Balaban J connectivity index is 2.10. The summed E-state index contributed by atoms with van der Waals surface area (Å²) >= 11 is 3.50. The van der Waals surface area contributed by atoms with Gasteiger partial charge in [0.2, 0.25) is 0 Å². The third kappa shape index (κ3) is 2.81. The van der Waals surface area contributed by atoms with Crippen LogP contribution < -0.4 is 5.73 Å². The maximum absolute atomic E-state index is 5.78. The van der Waals surface area contributed by atoms with Crippen molar-refractivity contribution in [3.63, 3.8) is 0 Å². The molecular weight excluding hydrogens is 224 g/mol. The number of rotatable bonds is 4. The molecule has 0 amide bonds. The van der Waals surface area contributed by atoms with Gasteiger partial charge >= 0.3 is 0 Å². The van der Waals surface area contributed by atoms with E-state index in [0.29, 0.717) is 11.8 Å². The summed E-state index contributed by atoms with van der Waals surface area (Å²) in [5, 5.41) is 4.59. The van der Waals surface area contributed by atoms with Gasteiger partial charge in [-0.2, -0.15) is 11.3 Å². The van der Waals surface area contributed by atoms with E-state index in [-0.39, 0.29) is 0 Å². The van der Waals surface area contributed by atoms with E-state index < -0.39 is 0 Å². The largest absolute Gasteiger partial charge is 0.329 e. The Bertz CT molecular complexity index is 386. The molecule has 0 bridgehead atoms. The maximum atomic E-state index is 5.78. The van der Waals surface area contributed by atoms with Crippen LogP contribution in [0.15, 0.2) is 46.2 Å². The molecule has 78 valence electrons. The highest BCUT2D eigenvalue weighted by atomic mass is 32.2. The number of nitrogens with zero attached hydrogens (tertiary/aromatic N) is 1. The Hall–Kier alpha value is -0.840. The third-order valence-electron chi connectivity index (χ3n) is 2.06. The summed E-state index contributed by atoms with van der Waals surface area (Å²) in [6, 6.07) is 6.16. The predicted molar refractivity (Wildman–Crippen MR) is 66.2 cm³/mol. The van der Waals surface area contributed by atoms with Gasteiger partial charge in [0.25, 0.3) is 0 Å². The maximum Gasteiger partial charge on any atom is 0.0475 e. The van der Waals surface area contributed by atoms with E-state index >= 15 is 0 Å². The summed E-state index contributed by atoms with van der Waals surface area (Å²) in [5.74, 6) is 0. The lowest BCUT2D eigenvalue weighted by Crippen LogP contribution is -2.08. The summed E-state index contributed by atoms with van der Waals surface area (Å²) in [5.41, 5.74) is 7.09. The van der Waals surface area contributed by atoms with Crippen LogP contribution in [0.25, 0.3) is 0 Å². The molecule has 0 aliphatic rings. The van der Waals surface area contributed by atoms with E-state index in [4.69, 9.17) is 5.73 Å². The van der Waals surface area contributed by atoms with Crippen LogP contribution in [0, 0.1) is 0 Å². The van der Waals surface area contributed by atoms with Gasteiger partial charge in [-0.25, -0.2) is 0 Å². The molecule has 0 radical (unpaired) electrons. The van der Waals surface area contributed by atoms with E-state index in [1.54, 1.807) is 23.1 Å². The molecule has 0 saturated heterocycles. The van der Waals surface area contributed by atoms with Gasteiger partial charge in [-0.05, 0) is 34.5 Å². The zero-order valence-corrected chi connectivity index (χ0v) is 9.80. The average Bonchev–Trinajstić information content (AvgIpc) is 2.81. The Morgan fingerprint density at radius 2 is 2.13 bits per heavy atom. The van der Waals surface area contributed by atoms with Gasteiger partial charge in [0.15, 0.2) is 0 Å². The molecule has 2 heterocycles. The van der Waals surface area contributed by atoms with Crippen molar-refractivity contribution in [2.24, 2.45) is 5.73 Å². The molecule has 2 N–H and O–H groups in total. The number of pyridine rings is 1. The second kappa shape index (κ2) is 5.30. The first-order valence-electron chi connectivity index (χ1n) is 4.69. The normalized spacial score (nSPS) is 12.6. The Morgan fingerprint density at radius 1 is 1.33 bits per heavy atom. The van der Waals surface area contributed by atoms with Crippen molar-refractivity contribution in [1.29, 1.82) is 0 Å². The van der Waals surface area contributed by atoms with Crippen molar-refractivity contribution in [1.82, 2.24) is 4.98 Å². The first kappa shape index (κ1) is 10.7. The summed E-state index contributed by atoms with van der Waals surface area (Å²) in [4.78, 5) is 5.21. The summed E-state index contributed by atoms with van der Waals surface area (Å²) in [6.45, 7) is 0.656. The number of nitrogens with two attached hydrogens (primary N) is 1. The van der Waals surface area contributed by atoms with E-state index in [0.717, 1.165) is 0 Å². The molecule has 2 nitrogen and oxygen atoms in total. The van der Waals surface area contributed by atoms with Crippen LogP contribution in [0.2, 0.25) is 0 Å². The smallest absolute Gasteiger partial charge is 0.0475 e. The molecule has 0 aliphatic carbocycles. The van der Waals surface area contributed by atoms with Crippen LogP contribution in [0.1, 0.15) is 10.8 Å². The van der Waals surface area contributed by atoms with Crippen LogP contribution in [0.5, 0.6) is 0 Å². The lowest BCUT2D eigenvalue weighted by atomic mass is 10.2. The first-order valence-corrected chi connectivity index (χ1v) is 6.51. The molecule has 1 atom stereocenters. The first-order chi connectivity index (χ1) is 7.40. The molecule has 1 unspecified atom stereocenters. The second-order valence-corrected chi connectivity index (χ2v) is 5.14. The fourth-order valence-corrected chi connectivity index (χ4v) is 3.08. The second-order valence-electron chi connectivity index (χ2n) is 3.08. The molecule has 0 spiro atoms. The number of thiophene rings is 1. The lowest BCUT2D eigenvalue weighted by Gasteiger charge is -2.12. The van der Waals surface area contributed by atoms with Gasteiger partial charge in [0, 0.05) is 29.1 Å². The zero-order chi connectivity index (χ0) is 10.5. The molecule has 0 fully saturated rings. The van der Waals surface area contributed by atoms with Gasteiger partial charge in [-0.15, -0.1) is 11.8 Å². The van der Waals surface area contributed by atoms with E-state index in [1.165, 1.54) is 10.5 Å². The highest BCUT2D eigenvalue weighted by molar-refractivity contribution is 7.99. The van der Waals surface area contributed by atoms with Crippen LogP contribution in [0.3, 0.4) is 0 Å². The number of hydrogen-bond donors (Lipinski definition) is 1. The Labute approximate surface area is 97.5 Å². The van der Waals surface area contributed by atoms with Crippen LogP contribution >= 0.6 is 23.1 Å². The topological polar surface area (TPSA) is 38.9 Å². The van der Waals surface area contributed by atoms with Crippen molar-refractivity contribution in [3.05, 3.63) is 46.9 Å². The summed E-state index contributed by atoms with van der Waals surface area (Å²) in [7, 11) is 0. The summed E-state index contributed by atoms with van der Waals surface area (Å²) < 4.78 is 0. The van der Waals surface area contributed by atoms with Gasteiger partial charge < -0.3 is 5.73 Å². The molecule has 2 aromatic heterocycles. The molecule has 2 rings (SSSR count). The third-order valence-corrected chi connectivity index (χ3v) is 4.05. The van der Waals surface area contributed by atoms with E-state index in [9.17, 15) is 0 Å². The monoisotopic (exact) mass is 236 g/mol. The van der Waals surface area contributed by atoms with Crippen LogP contribution in [-0.2, 0) is 0 Å². The Kier molecular flexibility index (Phi) is 3.77. The van der Waals surface area contributed by atoms with E-state index in [2.05, 4.69) is 21.8 Å². The minimum Gasteiger partial charge on any atom is -0.329 e. The van der Waals surface area contributed by atoms with Gasteiger partial charge in [0.1, 0.15) is 0 Å². The standard InChI is InChI=1S/C11H12N2S2/c12-7-11(9-3-6-14-8-9)15-10-1-4-13-5-2-10/h1-6,8,11H,7,12H2. The lowest BCUT2D eigenvalue weighted by molar-refractivity contribution is 0.946. The zero-order valence-electron chi connectivity index (χ0n) is 8.17. The van der Waals surface area contributed by atoms with Crippen molar-refractivity contribution in [2.75, 3.05) is 6.54 Å². The molecule has 0 saturated carbocycles. The van der Waals surface area contributed by atoms with E-state index in [1.807, 2.05) is 24.5 Å². The highest BCUT2D eigenvalue weighted by Crippen LogP contribution is 2.34. The summed E-state index contributed by atoms with van der Waals surface area (Å²) in [6.07, 6.45) is 3.62. The molecule has 15 heavy (non-hydrogen) atoms. The number of hydrogen-bond acceptors (Lipinski definition) is 4. The molecule has 4 heteroatoms. The van der Waals surface area contributed by atoms with Crippen molar-refractivity contribution < 1.29 is 0 Å². The van der Waals surface area contributed by atoms with Crippen molar-refractivity contribution >= 4 is 23.1 Å². The fraction of sp³-hybridized carbons (Fsp3) is 0.182.